The normalized spacial score (nSPS) is 11.5. The first-order valence-electron chi connectivity index (χ1n) is 9.30. The van der Waals surface area contributed by atoms with Crippen LogP contribution in [-0.4, -0.2) is 20.5 Å². The van der Waals surface area contributed by atoms with Crippen LogP contribution in [0.3, 0.4) is 0 Å². The number of hydrogen-bond acceptors (Lipinski definition) is 4. The van der Waals surface area contributed by atoms with Crippen LogP contribution in [-0.2, 0) is 18.0 Å². The van der Waals surface area contributed by atoms with E-state index in [1.54, 1.807) is 29.2 Å². The molecular weight excluding hydrogens is 447 g/mol. The molecule has 0 fully saturated rings. The van der Waals surface area contributed by atoms with Gasteiger partial charge in [0.2, 0.25) is 0 Å². The van der Waals surface area contributed by atoms with Gasteiger partial charge in [0.05, 0.1) is 6.54 Å². The number of aromatic nitrogens is 3. The van der Waals surface area contributed by atoms with E-state index in [1.165, 1.54) is 12.4 Å². The van der Waals surface area contributed by atoms with Crippen molar-refractivity contribution in [1.82, 2.24) is 14.8 Å². The monoisotopic (exact) mass is 464 g/mol. The number of rotatable bonds is 7. The fraction of sp³-hybridized carbons (Fsp3) is 0.0870. The van der Waals surface area contributed by atoms with Gasteiger partial charge in [-0.15, -0.1) is 0 Å². The Labute approximate surface area is 182 Å². The van der Waals surface area contributed by atoms with Crippen molar-refractivity contribution in [2.75, 3.05) is 0 Å². The molecule has 30 heavy (non-hydrogen) atoms. The third kappa shape index (κ3) is 4.99. The molecule has 7 heteroatoms. The summed E-state index contributed by atoms with van der Waals surface area (Å²) in [5, 5.41) is 8.41. The van der Waals surface area contributed by atoms with E-state index in [0.717, 1.165) is 21.2 Å². The summed E-state index contributed by atoms with van der Waals surface area (Å²) >= 11 is 3.46. The third-order valence-electron chi connectivity index (χ3n) is 4.53. The number of halogens is 2. The van der Waals surface area contributed by atoms with Crippen molar-refractivity contribution in [2.24, 2.45) is 5.16 Å². The zero-order valence-electron chi connectivity index (χ0n) is 16.0. The molecule has 0 radical (unpaired) electrons. The maximum Gasteiger partial charge on any atom is 0.145 e. The lowest BCUT2D eigenvalue weighted by atomic mass is 10.0. The molecule has 5 nitrogen and oxygen atoms in total. The number of oxime groups is 1. The minimum atomic E-state index is -0.315. The van der Waals surface area contributed by atoms with E-state index in [0.29, 0.717) is 17.8 Å². The molecule has 150 valence electrons. The Kier molecular flexibility index (Phi) is 6.29. The van der Waals surface area contributed by atoms with Crippen molar-refractivity contribution in [3.05, 3.63) is 107 Å². The highest BCUT2D eigenvalue weighted by molar-refractivity contribution is 9.10. The molecule has 0 amide bonds. The highest BCUT2D eigenvalue weighted by Gasteiger charge is 2.09. The van der Waals surface area contributed by atoms with Gasteiger partial charge in [0.15, 0.2) is 0 Å². The largest absolute Gasteiger partial charge is 0.391 e. The number of benzene rings is 3. The fourth-order valence-electron chi connectivity index (χ4n) is 2.93. The van der Waals surface area contributed by atoms with Gasteiger partial charge in [0.25, 0.3) is 0 Å². The highest BCUT2D eigenvalue weighted by Crippen LogP contribution is 2.22. The second-order valence-electron chi connectivity index (χ2n) is 6.58. The van der Waals surface area contributed by atoms with E-state index >= 15 is 0 Å². The van der Waals surface area contributed by atoms with Crippen LogP contribution >= 0.6 is 15.9 Å². The van der Waals surface area contributed by atoms with Gasteiger partial charge in [-0.25, -0.2) is 14.1 Å². The molecule has 0 aliphatic heterocycles. The summed E-state index contributed by atoms with van der Waals surface area (Å²) in [6.45, 7) is 0.430. The van der Waals surface area contributed by atoms with E-state index < -0.39 is 0 Å². The van der Waals surface area contributed by atoms with Crippen LogP contribution in [0.15, 0.2) is 95.1 Å². The highest BCUT2D eigenvalue weighted by atomic mass is 79.9. The van der Waals surface area contributed by atoms with Crippen LogP contribution in [0.5, 0.6) is 0 Å². The SMILES string of the molecule is Fc1ccccc1CO/N=C(/Cn1cncn1)c1ccc(-c2ccc(Br)cc2)cc1. The van der Waals surface area contributed by atoms with Crippen molar-refractivity contribution in [1.29, 1.82) is 0 Å². The van der Waals surface area contributed by atoms with Gasteiger partial charge in [0, 0.05) is 15.6 Å². The van der Waals surface area contributed by atoms with E-state index in [9.17, 15) is 4.39 Å². The van der Waals surface area contributed by atoms with Crippen LogP contribution in [0.1, 0.15) is 11.1 Å². The lowest BCUT2D eigenvalue weighted by Crippen LogP contribution is -2.13. The Bertz CT molecular complexity index is 1130. The zero-order valence-corrected chi connectivity index (χ0v) is 17.5. The van der Waals surface area contributed by atoms with Gasteiger partial charge in [0.1, 0.15) is 30.8 Å². The minimum Gasteiger partial charge on any atom is -0.391 e. The van der Waals surface area contributed by atoms with Gasteiger partial charge in [-0.3, -0.25) is 0 Å². The standard InChI is InChI=1S/C23H18BrFN4O/c24-21-11-9-18(10-12-21)17-5-7-19(8-6-17)23(13-29-16-26-15-27-29)28-30-14-20-3-1-2-4-22(20)25/h1-12,15-16H,13-14H2/b28-23-. The van der Waals surface area contributed by atoms with Crippen molar-refractivity contribution in [3.8, 4) is 11.1 Å². The minimum absolute atomic E-state index is 0.0461. The van der Waals surface area contributed by atoms with Crippen LogP contribution in [0.2, 0.25) is 0 Å². The Morgan fingerprint density at radius 3 is 2.33 bits per heavy atom. The lowest BCUT2D eigenvalue weighted by molar-refractivity contribution is 0.127. The molecule has 0 N–H and O–H groups in total. The summed E-state index contributed by atoms with van der Waals surface area (Å²) in [7, 11) is 0. The van der Waals surface area contributed by atoms with Gasteiger partial charge >= 0.3 is 0 Å². The molecule has 0 unspecified atom stereocenters. The van der Waals surface area contributed by atoms with E-state index in [4.69, 9.17) is 4.84 Å². The van der Waals surface area contributed by atoms with Gasteiger partial charge in [-0.05, 0) is 29.3 Å². The summed E-state index contributed by atoms with van der Waals surface area (Å²) in [4.78, 5) is 9.45. The molecule has 0 spiro atoms. The Balaban J connectivity index is 1.55. The molecule has 4 rings (SSSR count). The molecule has 0 bridgehead atoms. The zero-order chi connectivity index (χ0) is 20.8. The molecule has 0 saturated heterocycles. The topological polar surface area (TPSA) is 52.3 Å². The quantitative estimate of drug-likeness (QED) is 0.269. The van der Waals surface area contributed by atoms with Crippen molar-refractivity contribution in [3.63, 3.8) is 0 Å². The second kappa shape index (κ2) is 9.45. The van der Waals surface area contributed by atoms with Crippen LogP contribution in [0.4, 0.5) is 4.39 Å². The molecule has 0 aliphatic carbocycles. The predicted octanol–water partition coefficient (Wildman–Crippen LogP) is 5.47. The summed E-state index contributed by atoms with van der Waals surface area (Å²) in [6, 6.07) is 22.7. The van der Waals surface area contributed by atoms with Crippen molar-refractivity contribution in [2.45, 2.75) is 13.2 Å². The third-order valence-corrected chi connectivity index (χ3v) is 5.06. The maximum atomic E-state index is 13.8. The van der Waals surface area contributed by atoms with Gasteiger partial charge in [-0.2, -0.15) is 5.10 Å². The van der Waals surface area contributed by atoms with E-state index in [-0.39, 0.29) is 12.4 Å². The molecule has 0 atom stereocenters. The Morgan fingerprint density at radius 2 is 1.67 bits per heavy atom. The van der Waals surface area contributed by atoms with Gasteiger partial charge < -0.3 is 4.84 Å². The summed E-state index contributed by atoms with van der Waals surface area (Å²) in [5.74, 6) is -0.315. The lowest BCUT2D eigenvalue weighted by Gasteiger charge is -2.09. The summed E-state index contributed by atoms with van der Waals surface area (Å²) in [6.07, 6.45) is 3.08. The Morgan fingerprint density at radius 1 is 0.967 bits per heavy atom. The summed E-state index contributed by atoms with van der Waals surface area (Å²) in [5.41, 5.74) is 4.22. The maximum absolute atomic E-state index is 13.8. The Hall–Kier alpha value is -3.32. The fourth-order valence-corrected chi connectivity index (χ4v) is 3.20. The van der Waals surface area contributed by atoms with Crippen molar-refractivity contribution < 1.29 is 9.23 Å². The molecule has 4 aromatic rings. The first-order chi connectivity index (χ1) is 14.7. The molecule has 1 heterocycles. The molecular formula is C23H18BrFN4O. The van der Waals surface area contributed by atoms with E-state index in [1.807, 2.05) is 36.4 Å². The summed E-state index contributed by atoms with van der Waals surface area (Å²) < 4.78 is 16.5. The average molecular weight is 465 g/mol. The average Bonchev–Trinajstić information content (AvgIpc) is 3.28. The second-order valence-corrected chi connectivity index (χ2v) is 7.50. The van der Waals surface area contributed by atoms with Gasteiger partial charge in [-0.1, -0.05) is 75.7 Å². The first kappa shape index (κ1) is 20.0. The number of hydrogen-bond donors (Lipinski definition) is 0. The van der Waals surface area contributed by atoms with Crippen LogP contribution < -0.4 is 0 Å². The molecule has 3 aromatic carbocycles. The smallest absolute Gasteiger partial charge is 0.145 e. The molecule has 0 saturated carbocycles. The molecule has 0 aliphatic rings. The van der Waals surface area contributed by atoms with Crippen molar-refractivity contribution >= 4 is 21.6 Å². The predicted molar refractivity (Wildman–Crippen MR) is 117 cm³/mol. The number of nitrogens with zero attached hydrogens (tertiary/aromatic N) is 4. The van der Waals surface area contributed by atoms with Crippen LogP contribution in [0.25, 0.3) is 11.1 Å². The first-order valence-corrected chi connectivity index (χ1v) is 10.1. The van der Waals surface area contributed by atoms with E-state index in [2.05, 4.69) is 43.3 Å². The molecule has 1 aromatic heterocycles. The van der Waals surface area contributed by atoms with Crippen LogP contribution in [0, 0.1) is 5.82 Å².